The summed E-state index contributed by atoms with van der Waals surface area (Å²) >= 11 is 2.31. The second kappa shape index (κ2) is 4.09. The maximum atomic E-state index is 4.35. The number of rotatable bonds is 1. The van der Waals surface area contributed by atoms with Gasteiger partial charge in [-0.3, -0.25) is 4.98 Å². The summed E-state index contributed by atoms with van der Waals surface area (Å²) in [4.78, 5) is 4.35. The minimum Gasteiger partial charge on any atom is -0.256 e. The van der Waals surface area contributed by atoms with Gasteiger partial charge in [-0.1, -0.05) is 12.1 Å². The summed E-state index contributed by atoms with van der Waals surface area (Å²) in [5.41, 5.74) is 3.47. The van der Waals surface area contributed by atoms with Crippen LogP contribution >= 0.6 is 22.6 Å². The number of pyridine rings is 1. The summed E-state index contributed by atoms with van der Waals surface area (Å²) in [5, 5.41) is 0. The molecule has 0 N–H and O–H groups in total. The topological polar surface area (TPSA) is 12.9 Å². The first-order valence-corrected chi connectivity index (χ1v) is 5.52. The number of halogens is 1. The Balaban J connectivity index is 2.49. The minimum atomic E-state index is 1.04. The Morgan fingerprint density at radius 2 is 2.00 bits per heavy atom. The Morgan fingerprint density at radius 1 is 1.14 bits per heavy atom. The van der Waals surface area contributed by atoms with Crippen LogP contribution in [0, 0.1) is 10.5 Å². The number of hydrogen-bond donors (Lipinski definition) is 0. The van der Waals surface area contributed by atoms with Gasteiger partial charge in [0.1, 0.15) is 0 Å². The monoisotopic (exact) mass is 295 g/mol. The van der Waals surface area contributed by atoms with E-state index in [0.717, 1.165) is 5.69 Å². The molecular formula is C12H10IN. The van der Waals surface area contributed by atoms with Crippen molar-refractivity contribution in [2.24, 2.45) is 0 Å². The summed E-state index contributed by atoms with van der Waals surface area (Å²) in [7, 11) is 0. The molecule has 0 amide bonds. The van der Waals surface area contributed by atoms with Crippen LogP contribution in [0.1, 0.15) is 5.56 Å². The predicted molar refractivity (Wildman–Crippen MR) is 67.1 cm³/mol. The highest BCUT2D eigenvalue weighted by atomic mass is 127. The average Bonchev–Trinajstić information content (AvgIpc) is 2.18. The minimum absolute atomic E-state index is 1.04. The molecule has 0 aliphatic heterocycles. The van der Waals surface area contributed by atoms with Crippen molar-refractivity contribution >= 4 is 22.6 Å². The van der Waals surface area contributed by atoms with Crippen LogP contribution in [0.5, 0.6) is 0 Å². The Bertz CT molecular complexity index is 408. The third-order valence-corrected chi connectivity index (χ3v) is 2.71. The standard InChI is InChI=1S/C12H10IN/c1-9-5-6-14-12(7-9)10-3-2-4-11(13)8-10/h2-8H,1H3. The molecule has 0 unspecified atom stereocenters. The summed E-state index contributed by atoms with van der Waals surface area (Å²) in [6.07, 6.45) is 1.85. The maximum Gasteiger partial charge on any atom is 0.0704 e. The van der Waals surface area contributed by atoms with E-state index in [-0.39, 0.29) is 0 Å². The van der Waals surface area contributed by atoms with Gasteiger partial charge in [0.2, 0.25) is 0 Å². The Morgan fingerprint density at radius 3 is 2.71 bits per heavy atom. The van der Waals surface area contributed by atoms with Crippen molar-refractivity contribution in [2.75, 3.05) is 0 Å². The number of nitrogens with zero attached hydrogens (tertiary/aromatic N) is 1. The van der Waals surface area contributed by atoms with Crippen LogP contribution < -0.4 is 0 Å². The molecule has 0 saturated heterocycles. The third-order valence-electron chi connectivity index (χ3n) is 2.04. The Hall–Kier alpha value is -0.900. The van der Waals surface area contributed by atoms with Crippen molar-refractivity contribution in [1.82, 2.24) is 4.98 Å². The van der Waals surface area contributed by atoms with E-state index in [4.69, 9.17) is 0 Å². The van der Waals surface area contributed by atoms with Crippen LogP contribution in [0.3, 0.4) is 0 Å². The molecule has 1 aromatic carbocycles. The highest BCUT2D eigenvalue weighted by molar-refractivity contribution is 14.1. The van der Waals surface area contributed by atoms with E-state index >= 15 is 0 Å². The molecule has 0 radical (unpaired) electrons. The van der Waals surface area contributed by atoms with Crippen molar-refractivity contribution in [3.8, 4) is 11.3 Å². The summed E-state index contributed by atoms with van der Waals surface area (Å²) in [6, 6.07) is 12.5. The molecule has 0 atom stereocenters. The quantitative estimate of drug-likeness (QED) is 0.732. The molecule has 0 bridgehead atoms. The molecule has 0 aliphatic rings. The second-order valence-electron chi connectivity index (χ2n) is 3.23. The van der Waals surface area contributed by atoms with E-state index in [2.05, 4.69) is 64.8 Å². The van der Waals surface area contributed by atoms with Crippen LogP contribution in [0.25, 0.3) is 11.3 Å². The molecule has 2 heteroatoms. The van der Waals surface area contributed by atoms with Crippen LogP contribution in [-0.4, -0.2) is 4.98 Å². The van der Waals surface area contributed by atoms with Gasteiger partial charge in [0.05, 0.1) is 5.69 Å². The average molecular weight is 295 g/mol. The fourth-order valence-corrected chi connectivity index (χ4v) is 1.88. The molecule has 0 saturated carbocycles. The van der Waals surface area contributed by atoms with E-state index in [9.17, 15) is 0 Å². The van der Waals surface area contributed by atoms with Gasteiger partial charge in [0, 0.05) is 15.3 Å². The second-order valence-corrected chi connectivity index (χ2v) is 4.47. The van der Waals surface area contributed by atoms with Gasteiger partial charge in [-0.05, 0) is 59.3 Å². The van der Waals surface area contributed by atoms with Crippen molar-refractivity contribution in [2.45, 2.75) is 6.92 Å². The first kappa shape index (κ1) is 9.65. The summed E-state index contributed by atoms with van der Waals surface area (Å²) in [5.74, 6) is 0. The molecule has 0 fully saturated rings. The van der Waals surface area contributed by atoms with Gasteiger partial charge in [0.25, 0.3) is 0 Å². The molecule has 0 spiro atoms. The largest absolute Gasteiger partial charge is 0.256 e. The maximum absolute atomic E-state index is 4.35. The highest BCUT2D eigenvalue weighted by Crippen LogP contribution is 2.19. The van der Waals surface area contributed by atoms with Gasteiger partial charge in [-0.25, -0.2) is 0 Å². The molecule has 70 valence electrons. The predicted octanol–water partition coefficient (Wildman–Crippen LogP) is 3.66. The lowest BCUT2D eigenvalue weighted by atomic mass is 10.1. The van der Waals surface area contributed by atoms with Crippen LogP contribution in [0.4, 0.5) is 0 Å². The summed E-state index contributed by atoms with van der Waals surface area (Å²) in [6.45, 7) is 2.08. The van der Waals surface area contributed by atoms with Crippen molar-refractivity contribution in [3.05, 3.63) is 51.7 Å². The van der Waals surface area contributed by atoms with Crippen molar-refractivity contribution in [3.63, 3.8) is 0 Å². The molecular weight excluding hydrogens is 285 g/mol. The third kappa shape index (κ3) is 2.12. The highest BCUT2D eigenvalue weighted by Gasteiger charge is 1.98. The zero-order chi connectivity index (χ0) is 9.97. The van der Waals surface area contributed by atoms with Gasteiger partial charge in [-0.15, -0.1) is 0 Å². The van der Waals surface area contributed by atoms with Gasteiger partial charge < -0.3 is 0 Å². The lowest BCUT2D eigenvalue weighted by Gasteiger charge is -2.01. The molecule has 2 aromatic rings. The Labute approximate surface area is 97.3 Å². The molecule has 1 heterocycles. The van der Waals surface area contributed by atoms with Crippen LogP contribution in [0.2, 0.25) is 0 Å². The van der Waals surface area contributed by atoms with Crippen molar-refractivity contribution < 1.29 is 0 Å². The number of aryl methyl sites for hydroxylation is 1. The molecule has 1 aromatic heterocycles. The molecule has 0 aliphatic carbocycles. The van der Waals surface area contributed by atoms with E-state index in [1.165, 1.54) is 14.7 Å². The zero-order valence-electron chi connectivity index (χ0n) is 7.87. The normalized spacial score (nSPS) is 10.1. The smallest absolute Gasteiger partial charge is 0.0704 e. The zero-order valence-corrected chi connectivity index (χ0v) is 10.0. The van der Waals surface area contributed by atoms with Gasteiger partial charge >= 0.3 is 0 Å². The molecule has 2 rings (SSSR count). The van der Waals surface area contributed by atoms with Crippen LogP contribution in [-0.2, 0) is 0 Å². The van der Waals surface area contributed by atoms with Crippen molar-refractivity contribution in [1.29, 1.82) is 0 Å². The van der Waals surface area contributed by atoms with E-state index < -0.39 is 0 Å². The molecule has 1 nitrogen and oxygen atoms in total. The van der Waals surface area contributed by atoms with E-state index in [0.29, 0.717) is 0 Å². The SMILES string of the molecule is Cc1ccnc(-c2cccc(I)c2)c1. The lowest BCUT2D eigenvalue weighted by Crippen LogP contribution is -1.84. The van der Waals surface area contributed by atoms with E-state index in [1.54, 1.807) is 0 Å². The summed E-state index contributed by atoms with van der Waals surface area (Å²) < 4.78 is 1.24. The first-order valence-electron chi connectivity index (χ1n) is 4.44. The van der Waals surface area contributed by atoms with Gasteiger partial charge in [-0.2, -0.15) is 0 Å². The number of hydrogen-bond acceptors (Lipinski definition) is 1. The molecule has 14 heavy (non-hydrogen) atoms. The fraction of sp³-hybridized carbons (Fsp3) is 0.0833. The lowest BCUT2D eigenvalue weighted by molar-refractivity contribution is 1.28. The first-order chi connectivity index (χ1) is 6.75. The van der Waals surface area contributed by atoms with Gasteiger partial charge in [0.15, 0.2) is 0 Å². The van der Waals surface area contributed by atoms with Crippen LogP contribution in [0.15, 0.2) is 42.6 Å². The van der Waals surface area contributed by atoms with E-state index in [1.807, 2.05) is 12.3 Å². The number of benzene rings is 1. The fourth-order valence-electron chi connectivity index (χ4n) is 1.34. The Kier molecular flexibility index (Phi) is 2.82. The number of aromatic nitrogens is 1.